The maximum Gasteiger partial charge on any atom is 0.324 e. The number of ether oxygens (including phenoxy) is 2. The van der Waals surface area contributed by atoms with E-state index in [1.54, 1.807) is 0 Å². The third kappa shape index (κ3) is 3.23. The van der Waals surface area contributed by atoms with E-state index in [-0.39, 0.29) is 23.6 Å². The van der Waals surface area contributed by atoms with Crippen LogP contribution < -0.4 is 15.2 Å². The van der Waals surface area contributed by atoms with Crippen LogP contribution in [-0.2, 0) is 0 Å². The number of hydrogen-bond acceptors (Lipinski definition) is 6. The first kappa shape index (κ1) is 11.5. The summed E-state index contributed by atoms with van der Waals surface area (Å²) >= 11 is 0. The minimum Gasteiger partial charge on any atom is -0.467 e. The molecule has 1 aromatic heterocycles. The van der Waals surface area contributed by atoms with Crippen LogP contribution in [0.3, 0.4) is 0 Å². The van der Waals surface area contributed by atoms with Crippen molar-refractivity contribution in [1.29, 1.82) is 0 Å². The summed E-state index contributed by atoms with van der Waals surface area (Å²) in [6, 6.07) is 0.343. The van der Waals surface area contributed by atoms with Gasteiger partial charge in [-0.3, -0.25) is 0 Å². The lowest BCUT2D eigenvalue weighted by atomic mass is 10.1. The van der Waals surface area contributed by atoms with Crippen molar-refractivity contribution in [1.82, 2.24) is 15.0 Å². The van der Waals surface area contributed by atoms with Gasteiger partial charge in [-0.25, -0.2) is 0 Å². The molecule has 1 heterocycles. The Balaban J connectivity index is 2.90. The number of methoxy groups -OCH3 is 1. The molecule has 0 aliphatic rings. The van der Waals surface area contributed by atoms with E-state index in [1.165, 1.54) is 7.11 Å². The van der Waals surface area contributed by atoms with Gasteiger partial charge in [0, 0.05) is 0 Å². The normalized spacial score (nSPS) is 11.2. The Labute approximate surface area is 88.8 Å². The summed E-state index contributed by atoms with van der Waals surface area (Å²) in [7, 11) is 1.46. The van der Waals surface area contributed by atoms with Crippen LogP contribution in [0.25, 0.3) is 0 Å². The van der Waals surface area contributed by atoms with Crippen molar-refractivity contribution in [3.8, 4) is 12.0 Å². The fourth-order valence-electron chi connectivity index (χ4n) is 0.809. The highest BCUT2D eigenvalue weighted by Gasteiger charge is 2.19. The van der Waals surface area contributed by atoms with Gasteiger partial charge >= 0.3 is 12.0 Å². The minimum atomic E-state index is -0.335. The van der Waals surface area contributed by atoms with E-state index < -0.39 is 0 Å². The maximum atomic E-state index is 5.55. The first-order valence-electron chi connectivity index (χ1n) is 4.71. The number of rotatable bonds is 4. The van der Waals surface area contributed by atoms with Gasteiger partial charge in [-0.15, -0.1) is 4.98 Å². The summed E-state index contributed by atoms with van der Waals surface area (Å²) in [5.74, 6) is 0.0868. The molecule has 0 aliphatic heterocycles. The molecule has 0 saturated heterocycles. The number of nitrogen functional groups attached to an aromatic ring is 1. The van der Waals surface area contributed by atoms with Gasteiger partial charge in [-0.1, -0.05) is 6.92 Å². The van der Waals surface area contributed by atoms with Crippen LogP contribution in [0.15, 0.2) is 0 Å². The Bertz CT molecular complexity index is 341. The molecule has 15 heavy (non-hydrogen) atoms. The Kier molecular flexibility index (Phi) is 3.28. The predicted octanol–water partition coefficient (Wildman–Crippen LogP) is 1.03. The van der Waals surface area contributed by atoms with Gasteiger partial charge in [0.15, 0.2) is 0 Å². The molecular formula is C9H16N4O2. The molecule has 0 spiro atoms. The molecule has 0 atom stereocenters. The largest absolute Gasteiger partial charge is 0.467 e. The van der Waals surface area contributed by atoms with E-state index in [1.807, 2.05) is 20.8 Å². The van der Waals surface area contributed by atoms with E-state index in [0.29, 0.717) is 0 Å². The minimum absolute atomic E-state index is 0.0868. The molecule has 0 amide bonds. The first-order chi connectivity index (χ1) is 6.96. The summed E-state index contributed by atoms with van der Waals surface area (Å²) in [5.41, 5.74) is 5.14. The van der Waals surface area contributed by atoms with Crippen LogP contribution in [0.5, 0.6) is 12.0 Å². The van der Waals surface area contributed by atoms with Crippen molar-refractivity contribution in [3.63, 3.8) is 0 Å². The lowest BCUT2D eigenvalue weighted by molar-refractivity contribution is 0.0911. The molecule has 2 N–H and O–H groups in total. The highest BCUT2D eigenvalue weighted by atomic mass is 16.5. The lowest BCUT2D eigenvalue weighted by Crippen LogP contribution is -2.28. The summed E-state index contributed by atoms with van der Waals surface area (Å²) in [5, 5.41) is 0. The van der Waals surface area contributed by atoms with Crippen LogP contribution in [0.4, 0.5) is 5.95 Å². The van der Waals surface area contributed by atoms with Crippen LogP contribution in [0, 0.1) is 0 Å². The van der Waals surface area contributed by atoms with Crippen LogP contribution in [0.1, 0.15) is 27.2 Å². The Morgan fingerprint density at radius 2 is 1.80 bits per heavy atom. The van der Waals surface area contributed by atoms with E-state index in [9.17, 15) is 0 Å². The molecule has 84 valence electrons. The topological polar surface area (TPSA) is 83.2 Å². The van der Waals surface area contributed by atoms with Gasteiger partial charge in [0.05, 0.1) is 7.11 Å². The third-order valence-electron chi connectivity index (χ3n) is 2.01. The Morgan fingerprint density at radius 3 is 2.33 bits per heavy atom. The molecule has 0 radical (unpaired) electrons. The average Bonchev–Trinajstić information content (AvgIpc) is 2.16. The number of aromatic nitrogens is 3. The summed E-state index contributed by atoms with van der Waals surface area (Å²) in [6.07, 6.45) is 0.834. The molecule has 0 unspecified atom stereocenters. The Hall–Kier alpha value is -1.59. The predicted molar refractivity (Wildman–Crippen MR) is 55.8 cm³/mol. The maximum absolute atomic E-state index is 5.55. The molecule has 1 rings (SSSR count). The van der Waals surface area contributed by atoms with E-state index in [0.717, 1.165) is 6.42 Å². The molecule has 6 heteroatoms. The van der Waals surface area contributed by atoms with Crippen molar-refractivity contribution >= 4 is 5.95 Å². The first-order valence-corrected chi connectivity index (χ1v) is 4.71. The summed E-state index contributed by atoms with van der Waals surface area (Å²) in [4.78, 5) is 11.6. The summed E-state index contributed by atoms with van der Waals surface area (Å²) < 4.78 is 10.4. The molecule has 0 saturated carbocycles. The van der Waals surface area contributed by atoms with E-state index in [2.05, 4.69) is 15.0 Å². The van der Waals surface area contributed by atoms with Crippen molar-refractivity contribution < 1.29 is 9.47 Å². The van der Waals surface area contributed by atoms with Crippen molar-refractivity contribution in [2.24, 2.45) is 0 Å². The molecule has 0 aromatic carbocycles. The molecule has 6 nitrogen and oxygen atoms in total. The van der Waals surface area contributed by atoms with Gasteiger partial charge in [-0.05, 0) is 20.3 Å². The van der Waals surface area contributed by atoms with Gasteiger partial charge in [0.2, 0.25) is 5.95 Å². The monoisotopic (exact) mass is 212 g/mol. The summed E-state index contributed by atoms with van der Waals surface area (Å²) in [6.45, 7) is 5.90. The Morgan fingerprint density at radius 1 is 1.20 bits per heavy atom. The zero-order chi connectivity index (χ0) is 11.5. The van der Waals surface area contributed by atoms with Crippen LogP contribution >= 0.6 is 0 Å². The average molecular weight is 212 g/mol. The molecule has 0 fully saturated rings. The standard InChI is InChI=1S/C9H16N4O2/c1-5-9(2,3)15-8-12-6(10)11-7(13-8)14-4/h5H2,1-4H3,(H2,10,11,12,13). The molecule has 0 aliphatic carbocycles. The van der Waals surface area contributed by atoms with Gasteiger partial charge in [-0.2, -0.15) is 9.97 Å². The second-order valence-electron chi connectivity index (χ2n) is 3.68. The fraction of sp³-hybridized carbons (Fsp3) is 0.667. The van der Waals surface area contributed by atoms with Gasteiger partial charge in [0.25, 0.3) is 0 Å². The third-order valence-corrected chi connectivity index (χ3v) is 2.01. The molecular weight excluding hydrogens is 196 g/mol. The van der Waals surface area contributed by atoms with Gasteiger partial charge in [0.1, 0.15) is 5.60 Å². The SMILES string of the molecule is CCC(C)(C)Oc1nc(N)nc(OC)n1. The number of nitrogens with two attached hydrogens (primary N) is 1. The van der Waals surface area contributed by atoms with Crippen molar-refractivity contribution in [2.45, 2.75) is 32.8 Å². The smallest absolute Gasteiger partial charge is 0.324 e. The second kappa shape index (κ2) is 4.29. The molecule has 0 bridgehead atoms. The highest BCUT2D eigenvalue weighted by Crippen LogP contribution is 2.18. The second-order valence-corrected chi connectivity index (χ2v) is 3.68. The van der Waals surface area contributed by atoms with Gasteiger partial charge < -0.3 is 15.2 Å². The lowest BCUT2D eigenvalue weighted by Gasteiger charge is -2.22. The fourth-order valence-corrected chi connectivity index (χ4v) is 0.809. The quantitative estimate of drug-likeness (QED) is 0.802. The zero-order valence-electron chi connectivity index (χ0n) is 9.44. The van der Waals surface area contributed by atoms with E-state index in [4.69, 9.17) is 15.2 Å². The number of nitrogens with zero attached hydrogens (tertiary/aromatic N) is 3. The van der Waals surface area contributed by atoms with Crippen molar-refractivity contribution in [3.05, 3.63) is 0 Å². The number of hydrogen-bond donors (Lipinski definition) is 1. The van der Waals surface area contributed by atoms with Crippen molar-refractivity contribution in [2.75, 3.05) is 12.8 Å². The molecule has 1 aromatic rings. The van der Waals surface area contributed by atoms with Crippen LogP contribution in [-0.4, -0.2) is 27.7 Å². The van der Waals surface area contributed by atoms with E-state index >= 15 is 0 Å². The van der Waals surface area contributed by atoms with Crippen LogP contribution in [0.2, 0.25) is 0 Å². The number of anilines is 1. The highest BCUT2D eigenvalue weighted by molar-refractivity contribution is 5.20. The zero-order valence-corrected chi connectivity index (χ0v) is 9.44.